The predicted molar refractivity (Wildman–Crippen MR) is 46.7 cm³/mol. The average Bonchev–Trinajstić information content (AvgIpc) is 2.59. The van der Waals surface area contributed by atoms with E-state index in [2.05, 4.69) is 15.5 Å². The van der Waals surface area contributed by atoms with Gasteiger partial charge in [0.05, 0.1) is 11.9 Å². The van der Waals surface area contributed by atoms with Gasteiger partial charge in [-0.25, -0.2) is 0 Å². The number of allylic oxidation sites excluding steroid dienone is 2. The van der Waals surface area contributed by atoms with Gasteiger partial charge in [0.25, 0.3) is 0 Å². The molecule has 0 unspecified atom stereocenters. The van der Waals surface area contributed by atoms with E-state index in [1.165, 1.54) is 5.56 Å². The fourth-order valence-electron chi connectivity index (χ4n) is 1.06. The molecule has 0 amide bonds. The summed E-state index contributed by atoms with van der Waals surface area (Å²) < 4.78 is 0. The summed E-state index contributed by atoms with van der Waals surface area (Å²) in [4.78, 5) is 3.94. The molecule has 1 aromatic heterocycles. The summed E-state index contributed by atoms with van der Waals surface area (Å²) in [6.07, 6.45) is 8.02. The number of hydrogen-bond acceptors (Lipinski definition) is 2. The van der Waals surface area contributed by atoms with E-state index in [1.54, 1.807) is 18.6 Å². The second-order valence-corrected chi connectivity index (χ2v) is 2.55. The maximum Gasteiger partial charge on any atom is 0.0690 e. The molecule has 2 heterocycles. The third-order valence-electron chi connectivity index (χ3n) is 1.65. The fourth-order valence-corrected chi connectivity index (χ4v) is 1.06. The molecule has 12 heavy (non-hydrogen) atoms. The molecule has 3 nitrogen and oxygen atoms in total. The lowest BCUT2D eigenvalue weighted by Crippen LogP contribution is -1.96. The van der Waals surface area contributed by atoms with Crippen LogP contribution in [0.4, 0.5) is 0 Å². The van der Waals surface area contributed by atoms with Gasteiger partial charge in [0.15, 0.2) is 0 Å². The van der Waals surface area contributed by atoms with E-state index in [9.17, 15) is 0 Å². The first-order valence-electron chi connectivity index (χ1n) is 3.77. The van der Waals surface area contributed by atoms with Crippen molar-refractivity contribution in [2.24, 2.45) is 5.10 Å². The zero-order valence-corrected chi connectivity index (χ0v) is 6.51. The molecule has 1 aliphatic rings. The second kappa shape index (κ2) is 3.17. The molecule has 1 aliphatic heterocycles. The van der Waals surface area contributed by atoms with Gasteiger partial charge in [-0.05, 0) is 23.8 Å². The molecular formula is C9H8N3. The highest BCUT2D eigenvalue weighted by molar-refractivity contribution is 5.74. The molecule has 1 radical (unpaired) electrons. The summed E-state index contributed by atoms with van der Waals surface area (Å²) in [6.45, 7) is 0. The van der Waals surface area contributed by atoms with Crippen molar-refractivity contribution in [3.63, 3.8) is 0 Å². The lowest BCUT2D eigenvalue weighted by molar-refractivity contribution is 0.851. The van der Waals surface area contributed by atoms with E-state index in [1.807, 2.05) is 18.2 Å². The Morgan fingerprint density at radius 2 is 2.00 bits per heavy atom. The smallest absolute Gasteiger partial charge is 0.0690 e. The molecule has 0 aliphatic carbocycles. The van der Waals surface area contributed by atoms with Crippen LogP contribution >= 0.6 is 0 Å². The van der Waals surface area contributed by atoms with Crippen LogP contribution < -0.4 is 5.43 Å². The van der Waals surface area contributed by atoms with Crippen molar-refractivity contribution in [3.8, 4) is 0 Å². The molecular weight excluding hydrogens is 150 g/mol. The maximum absolute atomic E-state index is 3.94. The number of hydrogen-bond donors (Lipinski definition) is 0. The zero-order valence-electron chi connectivity index (χ0n) is 6.51. The lowest BCUT2D eigenvalue weighted by Gasteiger charge is -1.98. The number of nitrogens with zero attached hydrogens (tertiary/aromatic N) is 3. The van der Waals surface area contributed by atoms with Crippen molar-refractivity contribution >= 4 is 6.21 Å². The van der Waals surface area contributed by atoms with E-state index in [0.29, 0.717) is 0 Å². The van der Waals surface area contributed by atoms with Crippen LogP contribution in [0, 0.1) is 0 Å². The topological polar surface area (TPSA) is 39.4 Å². The van der Waals surface area contributed by atoms with Crippen LogP contribution in [0.25, 0.3) is 0 Å². The molecule has 0 N–H and O–H groups in total. The largest absolute Gasteiger partial charge is 0.265 e. The van der Waals surface area contributed by atoms with Crippen LogP contribution in [0.2, 0.25) is 0 Å². The van der Waals surface area contributed by atoms with Gasteiger partial charge in [0.1, 0.15) is 0 Å². The third kappa shape index (κ3) is 1.50. The van der Waals surface area contributed by atoms with Crippen LogP contribution in [0.3, 0.4) is 0 Å². The average molecular weight is 158 g/mol. The number of rotatable bonds is 2. The standard InChI is InChI=1S/C9H8N3/c1-4-10-5-2-8(1)7-9-3-6-11-12-9/h1-6H,7H2. The van der Waals surface area contributed by atoms with Crippen molar-refractivity contribution < 1.29 is 0 Å². The summed E-state index contributed by atoms with van der Waals surface area (Å²) in [6, 6.07) is 3.96. The minimum atomic E-state index is 0.836. The van der Waals surface area contributed by atoms with Crippen LogP contribution in [0.5, 0.6) is 0 Å². The summed E-state index contributed by atoms with van der Waals surface area (Å²) in [5.41, 5.74) is 6.16. The van der Waals surface area contributed by atoms with Gasteiger partial charge in [-0.1, -0.05) is 0 Å². The SMILES string of the molecule is C1=N[N]C(Cc2ccncc2)=C1. The Morgan fingerprint density at radius 1 is 1.17 bits per heavy atom. The highest BCUT2D eigenvalue weighted by atomic mass is 15.3. The van der Waals surface area contributed by atoms with Crippen molar-refractivity contribution in [1.29, 1.82) is 0 Å². The Bertz CT molecular complexity index is 314. The monoisotopic (exact) mass is 158 g/mol. The van der Waals surface area contributed by atoms with Crippen LogP contribution in [-0.4, -0.2) is 11.2 Å². The molecule has 0 fully saturated rings. The first kappa shape index (κ1) is 7.03. The van der Waals surface area contributed by atoms with Crippen LogP contribution in [0.15, 0.2) is 41.4 Å². The second-order valence-electron chi connectivity index (χ2n) is 2.55. The molecule has 59 valence electrons. The molecule has 0 atom stereocenters. The van der Waals surface area contributed by atoms with Crippen LogP contribution in [-0.2, 0) is 6.42 Å². The van der Waals surface area contributed by atoms with Crippen LogP contribution in [0.1, 0.15) is 5.56 Å². The quantitative estimate of drug-likeness (QED) is 0.635. The lowest BCUT2D eigenvalue weighted by atomic mass is 10.1. The van der Waals surface area contributed by atoms with Crippen molar-refractivity contribution in [1.82, 2.24) is 10.4 Å². The predicted octanol–water partition coefficient (Wildman–Crippen LogP) is 1.11. The van der Waals surface area contributed by atoms with Crippen molar-refractivity contribution in [3.05, 3.63) is 41.9 Å². The molecule has 3 heteroatoms. The first-order valence-corrected chi connectivity index (χ1v) is 3.77. The Hall–Kier alpha value is -1.64. The Morgan fingerprint density at radius 3 is 2.67 bits per heavy atom. The summed E-state index contributed by atoms with van der Waals surface area (Å²) in [5, 5.41) is 3.75. The third-order valence-corrected chi connectivity index (χ3v) is 1.65. The Labute approximate surface area is 70.8 Å². The van der Waals surface area contributed by atoms with Gasteiger partial charge in [-0.15, -0.1) is 0 Å². The maximum atomic E-state index is 3.94. The fraction of sp³-hybridized carbons (Fsp3) is 0.111. The summed E-state index contributed by atoms with van der Waals surface area (Å²) >= 11 is 0. The van der Waals surface area contributed by atoms with E-state index < -0.39 is 0 Å². The van der Waals surface area contributed by atoms with Crippen molar-refractivity contribution in [2.45, 2.75) is 6.42 Å². The van der Waals surface area contributed by atoms with E-state index >= 15 is 0 Å². The van der Waals surface area contributed by atoms with Gasteiger partial charge in [-0.2, -0.15) is 10.5 Å². The molecule has 0 aromatic carbocycles. The normalized spacial score (nSPS) is 14.2. The molecule has 0 bridgehead atoms. The Balaban J connectivity index is 2.05. The van der Waals surface area contributed by atoms with Gasteiger partial charge in [-0.3, -0.25) is 4.98 Å². The molecule has 0 saturated carbocycles. The first-order chi connectivity index (χ1) is 5.95. The molecule has 0 saturated heterocycles. The van der Waals surface area contributed by atoms with Gasteiger partial charge >= 0.3 is 0 Å². The van der Waals surface area contributed by atoms with Crippen molar-refractivity contribution in [2.75, 3.05) is 0 Å². The van der Waals surface area contributed by atoms with E-state index in [0.717, 1.165) is 12.1 Å². The highest BCUT2D eigenvalue weighted by Gasteiger charge is 2.02. The van der Waals surface area contributed by atoms with E-state index in [4.69, 9.17) is 0 Å². The minimum Gasteiger partial charge on any atom is -0.265 e. The summed E-state index contributed by atoms with van der Waals surface area (Å²) in [5.74, 6) is 0. The van der Waals surface area contributed by atoms with Gasteiger partial charge < -0.3 is 0 Å². The molecule has 1 aromatic rings. The van der Waals surface area contributed by atoms with E-state index in [-0.39, 0.29) is 0 Å². The minimum absolute atomic E-state index is 0.836. The van der Waals surface area contributed by atoms with Gasteiger partial charge in [0, 0.05) is 18.8 Å². The zero-order chi connectivity index (χ0) is 8.23. The number of aromatic nitrogens is 1. The highest BCUT2D eigenvalue weighted by Crippen LogP contribution is 2.06. The Kier molecular flexibility index (Phi) is 1.86. The summed E-state index contributed by atoms with van der Waals surface area (Å²) in [7, 11) is 0. The molecule has 2 rings (SSSR count). The number of pyridine rings is 1. The van der Waals surface area contributed by atoms with Gasteiger partial charge in [0.2, 0.25) is 0 Å². The molecule has 0 spiro atoms.